The molecule has 0 atom stereocenters. The Morgan fingerprint density at radius 2 is 2.00 bits per heavy atom. The smallest absolute Gasteiger partial charge is 0.343 e. The Morgan fingerprint density at radius 1 is 1.28 bits per heavy atom. The Bertz CT molecular complexity index is 1010. The Labute approximate surface area is 199 Å². The average molecular weight is 610 g/mol. The maximum atomic E-state index is 12.4. The lowest BCUT2D eigenvalue weighted by molar-refractivity contribution is -0.142. The summed E-state index contributed by atoms with van der Waals surface area (Å²) in [5.41, 5.74) is 0.891. The molecule has 150 valence electrons. The first-order valence-corrected chi connectivity index (χ1v) is 10.4. The number of benzene rings is 2. The second-order valence-electron chi connectivity index (χ2n) is 5.43. The molecule has 2 aromatic rings. The lowest BCUT2D eigenvalue weighted by atomic mass is 10.1. The number of nitrogens with zero attached hydrogens (tertiary/aromatic N) is 1. The van der Waals surface area contributed by atoms with Crippen molar-refractivity contribution < 1.29 is 19.1 Å². The summed E-state index contributed by atoms with van der Waals surface area (Å²) in [6.07, 6.45) is 1.43. The Hall–Kier alpha value is -1.80. The van der Waals surface area contributed by atoms with E-state index in [0.717, 1.165) is 0 Å². The first kappa shape index (κ1) is 23.5. The Morgan fingerprint density at radius 3 is 2.59 bits per heavy atom. The van der Waals surface area contributed by atoms with Crippen molar-refractivity contribution in [1.82, 2.24) is 0 Å². The van der Waals surface area contributed by atoms with Crippen molar-refractivity contribution in [2.45, 2.75) is 0 Å². The molecule has 1 amide bonds. The van der Waals surface area contributed by atoms with E-state index in [1.54, 1.807) is 24.3 Å². The maximum absolute atomic E-state index is 12.4. The van der Waals surface area contributed by atoms with Crippen molar-refractivity contribution in [2.24, 2.45) is 0 Å². The summed E-state index contributed by atoms with van der Waals surface area (Å²) < 4.78 is 11.2. The largest absolute Gasteiger partial charge is 0.480 e. The molecule has 0 fully saturated rings. The molecule has 0 aliphatic carbocycles. The molecule has 0 saturated heterocycles. The number of amides is 1. The minimum atomic E-state index is -0.594. The van der Waals surface area contributed by atoms with Gasteiger partial charge in [0, 0.05) is 5.69 Å². The van der Waals surface area contributed by atoms with Gasteiger partial charge in [0.05, 0.1) is 25.2 Å². The number of hydrogen-bond donors (Lipinski definition) is 1. The van der Waals surface area contributed by atoms with Gasteiger partial charge < -0.3 is 14.8 Å². The third kappa shape index (κ3) is 6.60. The Balaban J connectivity index is 2.23. The van der Waals surface area contributed by atoms with Gasteiger partial charge in [-0.05, 0) is 80.5 Å². The zero-order chi connectivity index (χ0) is 21.6. The van der Waals surface area contributed by atoms with Crippen LogP contribution in [0.3, 0.4) is 0 Å². The molecule has 2 rings (SSSR count). The van der Waals surface area contributed by atoms with Crippen molar-refractivity contribution in [1.29, 1.82) is 5.26 Å². The van der Waals surface area contributed by atoms with E-state index in [0.29, 0.717) is 30.1 Å². The molecule has 0 bridgehead atoms. The molecule has 0 spiro atoms. The number of rotatable bonds is 6. The second kappa shape index (κ2) is 10.8. The molecule has 29 heavy (non-hydrogen) atoms. The predicted octanol–water partition coefficient (Wildman–Crippen LogP) is 5.46. The van der Waals surface area contributed by atoms with Crippen molar-refractivity contribution >= 4 is 85.4 Å². The number of anilines is 1. The fourth-order valence-corrected chi connectivity index (χ4v) is 4.15. The molecule has 0 aliphatic rings. The van der Waals surface area contributed by atoms with Gasteiger partial charge in [-0.3, -0.25) is 4.79 Å². The number of esters is 1. The average Bonchev–Trinajstić information content (AvgIpc) is 2.67. The first-order valence-electron chi connectivity index (χ1n) is 7.82. The summed E-state index contributed by atoms with van der Waals surface area (Å²) in [5, 5.41) is 12.6. The summed E-state index contributed by atoms with van der Waals surface area (Å²) in [4.78, 5) is 23.7. The molecule has 0 heterocycles. The van der Waals surface area contributed by atoms with Crippen LogP contribution in [0.15, 0.2) is 40.4 Å². The number of methoxy groups -OCH3 is 1. The fourth-order valence-electron chi connectivity index (χ4n) is 2.08. The van der Waals surface area contributed by atoms with Gasteiger partial charge in [0.15, 0.2) is 6.61 Å². The van der Waals surface area contributed by atoms with E-state index < -0.39 is 11.9 Å². The molecule has 6 nitrogen and oxygen atoms in total. The second-order valence-corrected chi connectivity index (χ2v) is 8.26. The van der Waals surface area contributed by atoms with E-state index in [4.69, 9.17) is 27.9 Å². The molecule has 1 N–H and O–H groups in total. The van der Waals surface area contributed by atoms with Gasteiger partial charge in [-0.2, -0.15) is 5.26 Å². The van der Waals surface area contributed by atoms with Gasteiger partial charge in [0.1, 0.15) is 17.4 Å². The zero-order valence-electron chi connectivity index (χ0n) is 14.8. The maximum Gasteiger partial charge on any atom is 0.343 e. The quantitative estimate of drug-likeness (QED) is 0.203. The van der Waals surface area contributed by atoms with Crippen LogP contribution < -0.4 is 10.1 Å². The fraction of sp³-hybridized carbons (Fsp3) is 0.105. The SMILES string of the molecule is COC(=O)COc1c(Br)cc(/C=C(\C#N)C(=O)Nc2ccc(Cl)c(Cl)c2)cc1I. The summed E-state index contributed by atoms with van der Waals surface area (Å²) in [6, 6.07) is 9.86. The van der Waals surface area contributed by atoms with Crippen LogP contribution in [0.1, 0.15) is 5.56 Å². The standard InChI is InChI=1S/C19H12BrCl2IN2O4/c1-28-17(26)9-29-18-13(20)5-10(6-16(18)23)4-11(8-24)19(27)25-12-2-3-14(21)15(22)7-12/h2-7H,9H2,1H3,(H,25,27)/b11-4+. The molecular formula is C19H12BrCl2IN2O4. The molecule has 2 aromatic carbocycles. The van der Waals surface area contributed by atoms with E-state index in [2.05, 4.69) is 26.0 Å². The predicted molar refractivity (Wildman–Crippen MR) is 123 cm³/mol. The monoisotopic (exact) mass is 608 g/mol. The van der Waals surface area contributed by atoms with Crippen LogP contribution in [0.25, 0.3) is 6.08 Å². The van der Waals surface area contributed by atoms with Crippen molar-refractivity contribution in [3.05, 3.63) is 59.6 Å². The highest BCUT2D eigenvalue weighted by Crippen LogP contribution is 2.33. The number of carbonyl (C=O) groups is 2. The van der Waals surface area contributed by atoms with Gasteiger partial charge in [0.25, 0.3) is 5.91 Å². The van der Waals surface area contributed by atoms with Gasteiger partial charge in [0.2, 0.25) is 0 Å². The minimum Gasteiger partial charge on any atom is -0.480 e. The number of halogens is 4. The van der Waals surface area contributed by atoms with Crippen LogP contribution in [-0.2, 0) is 14.3 Å². The van der Waals surface area contributed by atoms with Crippen LogP contribution in [0, 0.1) is 14.9 Å². The van der Waals surface area contributed by atoms with Crippen LogP contribution in [0.5, 0.6) is 5.75 Å². The van der Waals surface area contributed by atoms with Crippen LogP contribution >= 0.6 is 61.7 Å². The molecule has 10 heteroatoms. The third-order valence-electron chi connectivity index (χ3n) is 3.44. The van der Waals surface area contributed by atoms with Crippen LogP contribution in [0.2, 0.25) is 10.0 Å². The van der Waals surface area contributed by atoms with Gasteiger partial charge >= 0.3 is 5.97 Å². The highest BCUT2D eigenvalue weighted by Gasteiger charge is 2.14. The van der Waals surface area contributed by atoms with Gasteiger partial charge in [-0.1, -0.05) is 23.2 Å². The number of carbonyl (C=O) groups excluding carboxylic acids is 2. The number of nitrogens with one attached hydrogen (secondary N) is 1. The van der Waals surface area contributed by atoms with Crippen LogP contribution in [-0.4, -0.2) is 25.6 Å². The van der Waals surface area contributed by atoms with E-state index in [1.165, 1.54) is 19.3 Å². The highest BCUT2D eigenvalue weighted by molar-refractivity contribution is 14.1. The first-order chi connectivity index (χ1) is 13.7. The summed E-state index contributed by atoms with van der Waals surface area (Å²) in [6.45, 7) is -0.240. The molecule has 0 radical (unpaired) electrons. The molecule has 0 aliphatic heterocycles. The van der Waals surface area contributed by atoms with E-state index in [1.807, 2.05) is 28.7 Å². The third-order valence-corrected chi connectivity index (χ3v) is 5.57. The molecule has 0 saturated carbocycles. The zero-order valence-corrected chi connectivity index (χ0v) is 20.0. The van der Waals surface area contributed by atoms with Crippen LogP contribution in [0.4, 0.5) is 5.69 Å². The molecule has 0 unspecified atom stereocenters. The summed E-state index contributed by atoms with van der Waals surface area (Å²) in [7, 11) is 1.27. The number of hydrogen-bond acceptors (Lipinski definition) is 5. The summed E-state index contributed by atoms with van der Waals surface area (Å²) >= 11 is 17.2. The van der Waals surface area contributed by atoms with Crippen molar-refractivity contribution in [3.8, 4) is 11.8 Å². The lowest BCUT2D eigenvalue weighted by Gasteiger charge is -2.11. The molecular weight excluding hydrogens is 598 g/mol. The summed E-state index contributed by atoms with van der Waals surface area (Å²) in [5.74, 6) is -0.655. The Kier molecular flexibility index (Phi) is 8.77. The van der Waals surface area contributed by atoms with Crippen molar-refractivity contribution in [3.63, 3.8) is 0 Å². The van der Waals surface area contributed by atoms with E-state index in [-0.39, 0.29) is 17.2 Å². The van der Waals surface area contributed by atoms with Gasteiger partial charge in [-0.25, -0.2) is 4.79 Å². The number of ether oxygens (including phenoxy) is 2. The highest BCUT2D eigenvalue weighted by atomic mass is 127. The minimum absolute atomic E-state index is 0.109. The van der Waals surface area contributed by atoms with Crippen molar-refractivity contribution in [2.75, 3.05) is 19.0 Å². The number of nitriles is 1. The lowest BCUT2D eigenvalue weighted by Crippen LogP contribution is -2.14. The molecule has 0 aromatic heterocycles. The topological polar surface area (TPSA) is 88.4 Å². The van der Waals surface area contributed by atoms with Gasteiger partial charge in [-0.15, -0.1) is 0 Å². The normalized spacial score (nSPS) is 10.8. The van der Waals surface area contributed by atoms with E-state index in [9.17, 15) is 14.9 Å². The van der Waals surface area contributed by atoms with E-state index >= 15 is 0 Å².